The van der Waals surface area contributed by atoms with Crippen LogP contribution in [0, 0.1) is 5.92 Å². The molecule has 9 N–H and O–H groups in total. The standard InChI is InChI=1S/C15H27N5O7/c1-6(2)12(15(26)27)20-10(23)5-18-13(24)8(4-9(16)22)19-14(25)11(17)7(3)21/h6-8,11-12,21H,4-5,17H2,1-3H3,(H2,16,22)(H,18,24)(H,19,25)(H,20,23)(H,26,27). The van der Waals surface area contributed by atoms with Crippen LogP contribution >= 0.6 is 0 Å². The number of rotatable bonds is 11. The van der Waals surface area contributed by atoms with Crippen molar-refractivity contribution in [2.75, 3.05) is 6.54 Å². The van der Waals surface area contributed by atoms with E-state index in [2.05, 4.69) is 16.0 Å². The number of hydrogen-bond acceptors (Lipinski definition) is 7. The van der Waals surface area contributed by atoms with Gasteiger partial charge in [-0.3, -0.25) is 19.2 Å². The number of nitrogens with one attached hydrogen (secondary N) is 3. The molecule has 0 aliphatic carbocycles. The first-order chi connectivity index (χ1) is 12.4. The molecular weight excluding hydrogens is 362 g/mol. The van der Waals surface area contributed by atoms with Crippen LogP contribution in [0.15, 0.2) is 0 Å². The number of carboxylic acids is 1. The summed E-state index contributed by atoms with van der Waals surface area (Å²) >= 11 is 0. The third-order valence-corrected chi connectivity index (χ3v) is 3.53. The average Bonchev–Trinajstić information content (AvgIpc) is 2.54. The Morgan fingerprint density at radius 3 is 1.96 bits per heavy atom. The van der Waals surface area contributed by atoms with Crippen molar-refractivity contribution >= 4 is 29.6 Å². The number of nitrogens with two attached hydrogens (primary N) is 2. The zero-order valence-corrected chi connectivity index (χ0v) is 15.4. The van der Waals surface area contributed by atoms with Crippen LogP contribution in [-0.2, 0) is 24.0 Å². The zero-order chi connectivity index (χ0) is 21.3. The van der Waals surface area contributed by atoms with Crippen LogP contribution in [0.25, 0.3) is 0 Å². The van der Waals surface area contributed by atoms with Gasteiger partial charge in [0, 0.05) is 0 Å². The lowest BCUT2D eigenvalue weighted by molar-refractivity contribution is -0.143. The molecule has 0 heterocycles. The Morgan fingerprint density at radius 1 is 1.00 bits per heavy atom. The highest BCUT2D eigenvalue weighted by Gasteiger charge is 2.28. The van der Waals surface area contributed by atoms with Crippen LogP contribution in [0.3, 0.4) is 0 Å². The fourth-order valence-corrected chi connectivity index (χ4v) is 1.93. The van der Waals surface area contributed by atoms with Gasteiger partial charge in [0.25, 0.3) is 0 Å². The first-order valence-corrected chi connectivity index (χ1v) is 8.19. The van der Waals surface area contributed by atoms with Gasteiger partial charge < -0.3 is 37.6 Å². The molecular formula is C15H27N5O7. The Morgan fingerprint density at radius 2 is 1.56 bits per heavy atom. The molecule has 12 nitrogen and oxygen atoms in total. The summed E-state index contributed by atoms with van der Waals surface area (Å²) in [6.07, 6.45) is -1.76. The van der Waals surface area contributed by atoms with E-state index in [1.165, 1.54) is 6.92 Å². The fraction of sp³-hybridized carbons (Fsp3) is 0.667. The number of aliphatic carboxylic acids is 1. The molecule has 0 rings (SSSR count). The average molecular weight is 389 g/mol. The van der Waals surface area contributed by atoms with E-state index in [4.69, 9.17) is 16.6 Å². The first-order valence-electron chi connectivity index (χ1n) is 8.19. The molecule has 0 spiro atoms. The molecule has 4 amide bonds. The SMILES string of the molecule is CC(C)C(NC(=O)CNC(=O)C(CC(N)=O)NC(=O)C(N)C(C)O)C(=O)O. The maximum Gasteiger partial charge on any atom is 0.326 e. The molecule has 0 radical (unpaired) electrons. The molecule has 27 heavy (non-hydrogen) atoms. The summed E-state index contributed by atoms with van der Waals surface area (Å²) in [5.41, 5.74) is 10.5. The van der Waals surface area contributed by atoms with Gasteiger partial charge in [0.2, 0.25) is 23.6 Å². The Kier molecular flexibility index (Phi) is 9.96. The summed E-state index contributed by atoms with van der Waals surface area (Å²) in [5, 5.41) is 24.9. The molecule has 154 valence electrons. The smallest absolute Gasteiger partial charge is 0.326 e. The van der Waals surface area contributed by atoms with Crippen molar-refractivity contribution < 1.29 is 34.2 Å². The maximum absolute atomic E-state index is 12.1. The molecule has 12 heteroatoms. The lowest BCUT2D eigenvalue weighted by Gasteiger charge is -2.21. The Balaban J connectivity index is 4.86. The lowest BCUT2D eigenvalue weighted by Crippen LogP contribution is -2.56. The number of carbonyl (C=O) groups is 5. The van der Waals surface area contributed by atoms with Crippen LogP contribution in [0.2, 0.25) is 0 Å². The number of aliphatic hydroxyl groups excluding tert-OH is 1. The Bertz CT molecular complexity index is 579. The second-order valence-electron chi connectivity index (χ2n) is 6.34. The van der Waals surface area contributed by atoms with Crippen molar-refractivity contribution in [3.05, 3.63) is 0 Å². The third kappa shape index (κ3) is 8.96. The van der Waals surface area contributed by atoms with Crippen LogP contribution in [0.4, 0.5) is 0 Å². The van der Waals surface area contributed by atoms with Crippen molar-refractivity contribution in [3.63, 3.8) is 0 Å². The maximum atomic E-state index is 12.1. The highest BCUT2D eigenvalue weighted by Crippen LogP contribution is 2.01. The molecule has 4 atom stereocenters. The van der Waals surface area contributed by atoms with Crippen LogP contribution in [-0.4, -0.2) is 70.6 Å². The molecule has 0 aromatic heterocycles. The summed E-state index contributed by atoms with van der Waals surface area (Å²) in [6, 6.07) is -3.88. The molecule has 0 bridgehead atoms. The van der Waals surface area contributed by atoms with Gasteiger partial charge >= 0.3 is 5.97 Å². The van der Waals surface area contributed by atoms with Gasteiger partial charge in [-0.05, 0) is 12.8 Å². The zero-order valence-electron chi connectivity index (χ0n) is 15.4. The van der Waals surface area contributed by atoms with Gasteiger partial charge in [0.15, 0.2) is 0 Å². The number of primary amides is 1. The van der Waals surface area contributed by atoms with Crippen molar-refractivity contribution in [2.45, 2.75) is 51.4 Å². The van der Waals surface area contributed by atoms with E-state index in [0.717, 1.165) is 0 Å². The summed E-state index contributed by atoms with van der Waals surface area (Å²) in [5.74, 6) is -5.06. The minimum absolute atomic E-state index is 0.383. The second kappa shape index (κ2) is 11.1. The van der Waals surface area contributed by atoms with Crippen LogP contribution in [0.5, 0.6) is 0 Å². The third-order valence-electron chi connectivity index (χ3n) is 3.53. The summed E-state index contributed by atoms with van der Waals surface area (Å²) in [6.45, 7) is 3.89. The highest BCUT2D eigenvalue weighted by molar-refractivity contribution is 5.95. The minimum atomic E-state index is -1.41. The number of carbonyl (C=O) groups excluding carboxylic acids is 4. The van der Waals surface area contributed by atoms with E-state index in [-0.39, 0.29) is 5.92 Å². The van der Waals surface area contributed by atoms with Crippen molar-refractivity contribution in [2.24, 2.45) is 17.4 Å². The quantitative estimate of drug-likeness (QED) is 0.187. The van der Waals surface area contributed by atoms with Gasteiger partial charge in [-0.1, -0.05) is 13.8 Å². The number of carboxylic acid groups (broad SMARTS) is 1. The number of hydrogen-bond donors (Lipinski definition) is 7. The molecule has 0 fully saturated rings. The topological polar surface area (TPSA) is 214 Å². The molecule has 0 aliphatic heterocycles. The lowest BCUT2D eigenvalue weighted by atomic mass is 10.0. The van der Waals surface area contributed by atoms with E-state index in [9.17, 15) is 29.1 Å². The molecule has 0 aromatic rings. The predicted octanol–water partition coefficient (Wildman–Crippen LogP) is -3.60. The van der Waals surface area contributed by atoms with Crippen LogP contribution in [0.1, 0.15) is 27.2 Å². The second-order valence-corrected chi connectivity index (χ2v) is 6.34. The Labute approximate surface area is 156 Å². The fourth-order valence-electron chi connectivity index (χ4n) is 1.93. The predicted molar refractivity (Wildman–Crippen MR) is 92.8 cm³/mol. The van der Waals surface area contributed by atoms with E-state index >= 15 is 0 Å². The summed E-state index contributed by atoms with van der Waals surface area (Å²) in [4.78, 5) is 57.9. The van der Waals surface area contributed by atoms with E-state index in [1.807, 2.05) is 0 Å². The van der Waals surface area contributed by atoms with Crippen molar-refractivity contribution in [1.29, 1.82) is 0 Å². The first kappa shape index (κ1) is 24.3. The molecule has 0 saturated heterocycles. The van der Waals surface area contributed by atoms with Crippen molar-refractivity contribution in [1.82, 2.24) is 16.0 Å². The van der Waals surface area contributed by atoms with Gasteiger partial charge in [-0.2, -0.15) is 0 Å². The highest BCUT2D eigenvalue weighted by atomic mass is 16.4. The number of amides is 4. The molecule has 0 aliphatic rings. The minimum Gasteiger partial charge on any atom is -0.480 e. The van der Waals surface area contributed by atoms with E-state index in [1.54, 1.807) is 13.8 Å². The van der Waals surface area contributed by atoms with Gasteiger partial charge in [0.1, 0.15) is 18.1 Å². The van der Waals surface area contributed by atoms with E-state index in [0.29, 0.717) is 0 Å². The largest absolute Gasteiger partial charge is 0.480 e. The van der Waals surface area contributed by atoms with Gasteiger partial charge in [0.05, 0.1) is 19.1 Å². The Hall–Kier alpha value is -2.73. The monoisotopic (exact) mass is 389 g/mol. The normalized spacial score (nSPS) is 15.2. The molecule has 4 unspecified atom stereocenters. The van der Waals surface area contributed by atoms with Gasteiger partial charge in [-0.15, -0.1) is 0 Å². The number of aliphatic hydroxyl groups is 1. The molecule has 0 aromatic carbocycles. The van der Waals surface area contributed by atoms with E-state index < -0.39 is 66.8 Å². The van der Waals surface area contributed by atoms with Crippen LogP contribution < -0.4 is 27.4 Å². The van der Waals surface area contributed by atoms with Crippen molar-refractivity contribution in [3.8, 4) is 0 Å². The molecule has 0 saturated carbocycles. The summed E-state index contributed by atoms with van der Waals surface area (Å²) in [7, 11) is 0. The van der Waals surface area contributed by atoms with Gasteiger partial charge in [-0.25, -0.2) is 4.79 Å². The summed E-state index contributed by atoms with van der Waals surface area (Å²) < 4.78 is 0.